The van der Waals surface area contributed by atoms with Crippen molar-refractivity contribution >= 4 is 27.5 Å². The van der Waals surface area contributed by atoms with E-state index in [-0.39, 0.29) is 12.2 Å². The van der Waals surface area contributed by atoms with Crippen molar-refractivity contribution in [1.82, 2.24) is 5.32 Å². The third-order valence-electron chi connectivity index (χ3n) is 3.35. The number of methoxy groups -OCH3 is 1. The monoisotopic (exact) mass is 347 g/mol. The molecular formula is C14H19BrClNO2. The fourth-order valence-corrected chi connectivity index (χ4v) is 2.99. The van der Waals surface area contributed by atoms with Gasteiger partial charge in [0.05, 0.1) is 5.02 Å². The van der Waals surface area contributed by atoms with Crippen molar-refractivity contribution in [3.63, 3.8) is 0 Å². The van der Waals surface area contributed by atoms with Gasteiger partial charge in [-0.2, -0.15) is 0 Å². The highest BCUT2D eigenvalue weighted by molar-refractivity contribution is 9.10. The smallest absolute Gasteiger partial charge is 0.138 e. The summed E-state index contributed by atoms with van der Waals surface area (Å²) in [5, 5.41) is 4.08. The largest absolute Gasteiger partial charge is 0.486 e. The second-order valence-electron chi connectivity index (χ2n) is 4.73. The van der Waals surface area contributed by atoms with Crippen LogP contribution in [-0.2, 0) is 4.74 Å². The summed E-state index contributed by atoms with van der Waals surface area (Å²) >= 11 is 9.54. The molecule has 0 bridgehead atoms. The molecule has 106 valence electrons. The van der Waals surface area contributed by atoms with Gasteiger partial charge in [0.15, 0.2) is 0 Å². The van der Waals surface area contributed by atoms with Crippen LogP contribution in [0, 0.1) is 0 Å². The summed E-state index contributed by atoms with van der Waals surface area (Å²) < 4.78 is 12.4. The molecule has 0 spiro atoms. The first-order valence-electron chi connectivity index (χ1n) is 6.53. The number of ether oxygens (including phenoxy) is 2. The Balaban J connectivity index is 1.93. The number of benzene rings is 1. The SMILES string of the molecule is CCCNC1CC(Oc2ccc(Br)cc2Cl)C1OC. The molecule has 0 aliphatic heterocycles. The summed E-state index contributed by atoms with van der Waals surface area (Å²) in [6, 6.07) is 6.02. The second-order valence-corrected chi connectivity index (χ2v) is 6.05. The van der Waals surface area contributed by atoms with Crippen LogP contribution in [0.25, 0.3) is 0 Å². The number of nitrogens with one attached hydrogen (secondary N) is 1. The van der Waals surface area contributed by atoms with Gasteiger partial charge in [-0.1, -0.05) is 34.5 Å². The maximum atomic E-state index is 6.15. The van der Waals surface area contributed by atoms with Crippen LogP contribution in [0.3, 0.4) is 0 Å². The average molecular weight is 349 g/mol. The quantitative estimate of drug-likeness (QED) is 0.851. The summed E-state index contributed by atoms with van der Waals surface area (Å²) in [7, 11) is 1.73. The zero-order valence-corrected chi connectivity index (χ0v) is 13.5. The molecule has 1 saturated carbocycles. The van der Waals surface area contributed by atoms with Gasteiger partial charge in [-0.3, -0.25) is 0 Å². The molecule has 3 nitrogen and oxygen atoms in total. The van der Waals surface area contributed by atoms with Crippen molar-refractivity contribution in [2.24, 2.45) is 0 Å². The van der Waals surface area contributed by atoms with E-state index in [4.69, 9.17) is 21.1 Å². The number of hydrogen-bond donors (Lipinski definition) is 1. The topological polar surface area (TPSA) is 30.5 Å². The summed E-state index contributed by atoms with van der Waals surface area (Å²) in [5.41, 5.74) is 0. The molecule has 0 saturated heterocycles. The predicted octanol–water partition coefficient (Wildman–Crippen LogP) is 3.64. The minimum Gasteiger partial charge on any atom is -0.486 e. The van der Waals surface area contributed by atoms with E-state index >= 15 is 0 Å². The van der Waals surface area contributed by atoms with Gasteiger partial charge in [-0.15, -0.1) is 0 Å². The van der Waals surface area contributed by atoms with Crippen molar-refractivity contribution in [3.05, 3.63) is 27.7 Å². The van der Waals surface area contributed by atoms with Crippen molar-refractivity contribution in [1.29, 1.82) is 0 Å². The van der Waals surface area contributed by atoms with E-state index in [0.717, 1.165) is 23.9 Å². The van der Waals surface area contributed by atoms with Crippen LogP contribution in [0.1, 0.15) is 19.8 Å². The van der Waals surface area contributed by atoms with Gasteiger partial charge in [-0.25, -0.2) is 0 Å². The fourth-order valence-electron chi connectivity index (χ4n) is 2.28. The molecule has 0 aromatic heterocycles. The van der Waals surface area contributed by atoms with Crippen molar-refractivity contribution in [2.45, 2.75) is 38.0 Å². The van der Waals surface area contributed by atoms with E-state index in [1.165, 1.54) is 0 Å². The van der Waals surface area contributed by atoms with Gasteiger partial charge in [0.25, 0.3) is 0 Å². The Morgan fingerprint density at radius 3 is 2.89 bits per heavy atom. The van der Waals surface area contributed by atoms with Crippen LogP contribution in [0.4, 0.5) is 0 Å². The lowest BCUT2D eigenvalue weighted by Gasteiger charge is -2.43. The van der Waals surface area contributed by atoms with Crippen LogP contribution in [0.5, 0.6) is 5.75 Å². The molecule has 19 heavy (non-hydrogen) atoms. The number of rotatable bonds is 6. The van der Waals surface area contributed by atoms with E-state index in [0.29, 0.717) is 16.8 Å². The predicted molar refractivity (Wildman–Crippen MR) is 81.1 cm³/mol. The number of hydrogen-bond acceptors (Lipinski definition) is 3. The van der Waals surface area contributed by atoms with Gasteiger partial charge < -0.3 is 14.8 Å². The molecule has 1 fully saturated rings. The van der Waals surface area contributed by atoms with Crippen LogP contribution < -0.4 is 10.1 Å². The molecule has 0 amide bonds. The third kappa shape index (κ3) is 3.63. The second kappa shape index (κ2) is 6.93. The maximum Gasteiger partial charge on any atom is 0.138 e. The molecule has 1 aliphatic rings. The van der Waals surface area contributed by atoms with Gasteiger partial charge in [-0.05, 0) is 31.2 Å². The fraction of sp³-hybridized carbons (Fsp3) is 0.571. The standard InChI is InChI=1S/C14H19BrClNO2/c1-3-6-17-11-8-13(14(11)18-2)19-12-5-4-9(15)7-10(12)16/h4-5,7,11,13-14,17H,3,6,8H2,1-2H3. The Labute approximate surface area is 127 Å². The van der Waals surface area contributed by atoms with Crippen LogP contribution in [0.15, 0.2) is 22.7 Å². The molecule has 0 heterocycles. The molecule has 0 radical (unpaired) electrons. The zero-order chi connectivity index (χ0) is 13.8. The first-order valence-corrected chi connectivity index (χ1v) is 7.70. The summed E-state index contributed by atoms with van der Waals surface area (Å²) in [4.78, 5) is 0. The van der Waals surface area contributed by atoms with Crippen molar-refractivity contribution in [2.75, 3.05) is 13.7 Å². The molecule has 1 aromatic carbocycles. The van der Waals surface area contributed by atoms with Crippen molar-refractivity contribution in [3.8, 4) is 5.75 Å². The van der Waals surface area contributed by atoms with Crippen LogP contribution in [-0.4, -0.2) is 31.9 Å². The highest BCUT2D eigenvalue weighted by Gasteiger charge is 2.43. The third-order valence-corrected chi connectivity index (χ3v) is 4.14. The molecule has 1 aromatic rings. The van der Waals surface area contributed by atoms with E-state index in [1.807, 2.05) is 18.2 Å². The molecule has 3 atom stereocenters. The lowest BCUT2D eigenvalue weighted by atomic mass is 9.85. The van der Waals surface area contributed by atoms with Gasteiger partial charge in [0, 0.05) is 24.0 Å². The minimum atomic E-state index is 0.0676. The Morgan fingerprint density at radius 1 is 1.47 bits per heavy atom. The summed E-state index contributed by atoms with van der Waals surface area (Å²) in [5.74, 6) is 0.714. The average Bonchev–Trinajstić information content (AvgIpc) is 2.35. The van der Waals surface area contributed by atoms with Crippen LogP contribution >= 0.6 is 27.5 Å². The first-order chi connectivity index (χ1) is 9.15. The molecule has 2 rings (SSSR count). The van der Waals surface area contributed by atoms with Crippen molar-refractivity contribution < 1.29 is 9.47 Å². The lowest BCUT2D eigenvalue weighted by molar-refractivity contribution is -0.0886. The highest BCUT2D eigenvalue weighted by Crippen LogP contribution is 2.33. The Morgan fingerprint density at radius 2 is 2.26 bits per heavy atom. The molecule has 1 N–H and O–H groups in total. The molecule has 3 unspecified atom stereocenters. The lowest BCUT2D eigenvalue weighted by Crippen LogP contribution is -2.61. The minimum absolute atomic E-state index is 0.0676. The van der Waals surface area contributed by atoms with E-state index in [9.17, 15) is 0 Å². The normalized spacial score (nSPS) is 26.0. The van der Waals surface area contributed by atoms with E-state index < -0.39 is 0 Å². The highest BCUT2D eigenvalue weighted by atomic mass is 79.9. The molecular weight excluding hydrogens is 330 g/mol. The van der Waals surface area contributed by atoms with Gasteiger partial charge in [0.2, 0.25) is 0 Å². The van der Waals surface area contributed by atoms with Crippen LogP contribution in [0.2, 0.25) is 5.02 Å². The molecule has 1 aliphatic carbocycles. The van der Waals surface area contributed by atoms with E-state index in [2.05, 4.69) is 28.2 Å². The van der Waals surface area contributed by atoms with Gasteiger partial charge >= 0.3 is 0 Å². The maximum absolute atomic E-state index is 6.15. The Bertz CT molecular complexity index is 430. The zero-order valence-electron chi connectivity index (χ0n) is 11.2. The van der Waals surface area contributed by atoms with Gasteiger partial charge in [0.1, 0.15) is 18.0 Å². The molecule has 5 heteroatoms. The Kier molecular flexibility index (Phi) is 5.51. The Hall–Kier alpha value is -0.290. The van der Waals surface area contributed by atoms with E-state index in [1.54, 1.807) is 7.11 Å². The first kappa shape index (κ1) is 15.1. The summed E-state index contributed by atoms with van der Waals surface area (Å²) in [6.45, 7) is 3.17. The number of halogens is 2. The summed E-state index contributed by atoms with van der Waals surface area (Å²) in [6.07, 6.45) is 2.23.